The molecule has 2 N–H and O–H groups in total. The molecule has 0 bridgehead atoms. The number of phenols is 1. The average Bonchev–Trinajstić information content (AvgIpc) is 3.11. The van der Waals surface area contributed by atoms with Crippen LogP contribution in [0.3, 0.4) is 0 Å². The summed E-state index contributed by atoms with van der Waals surface area (Å²) in [5.41, 5.74) is 3.11. The van der Waals surface area contributed by atoms with Crippen molar-refractivity contribution in [3.8, 4) is 34.2 Å². The van der Waals surface area contributed by atoms with Crippen LogP contribution in [0.5, 0.6) is 5.75 Å². The monoisotopic (exact) mass is 445 g/mol. The maximum absolute atomic E-state index is 10.7. The van der Waals surface area contributed by atoms with Gasteiger partial charge >= 0.3 is 0 Å². The van der Waals surface area contributed by atoms with Crippen molar-refractivity contribution >= 4 is 5.82 Å². The molecule has 3 aromatic rings. The number of hydrogen-bond donors (Lipinski definition) is 2. The van der Waals surface area contributed by atoms with Gasteiger partial charge in [-0.3, -0.25) is 9.67 Å². The molecule has 8 nitrogen and oxygen atoms in total. The van der Waals surface area contributed by atoms with E-state index in [0.29, 0.717) is 28.6 Å². The van der Waals surface area contributed by atoms with Crippen LogP contribution in [0, 0.1) is 11.3 Å². The van der Waals surface area contributed by atoms with Gasteiger partial charge in [-0.2, -0.15) is 10.4 Å². The third-order valence-corrected chi connectivity index (χ3v) is 6.35. The lowest BCUT2D eigenvalue weighted by atomic mass is 9.79. The standard InChI is InChI=1S/C25H31N7O/c1-24(2)10-17(11-25(3,4)30-24)31(5)23-15-27-20(14-28-23)18-8-7-16(9-22(18)33)19-13-29-32(6)21(19)12-26/h7-9,13-15,17,30,33H,10-11H2,1-6H3. The minimum Gasteiger partial charge on any atom is -0.507 e. The van der Waals surface area contributed by atoms with Crippen molar-refractivity contribution in [2.75, 3.05) is 11.9 Å². The van der Waals surface area contributed by atoms with Gasteiger partial charge in [0.1, 0.15) is 23.3 Å². The molecule has 1 fully saturated rings. The number of anilines is 1. The second-order valence-corrected chi connectivity index (χ2v) is 10.2. The number of aryl methyl sites for hydroxylation is 1. The van der Waals surface area contributed by atoms with Gasteiger partial charge in [0.2, 0.25) is 0 Å². The first kappa shape index (κ1) is 22.7. The second-order valence-electron chi connectivity index (χ2n) is 10.2. The summed E-state index contributed by atoms with van der Waals surface area (Å²) >= 11 is 0. The highest BCUT2D eigenvalue weighted by atomic mass is 16.3. The molecule has 0 aliphatic carbocycles. The van der Waals surface area contributed by atoms with Crippen LogP contribution in [-0.2, 0) is 7.05 Å². The first-order valence-electron chi connectivity index (χ1n) is 11.1. The maximum atomic E-state index is 10.7. The van der Waals surface area contributed by atoms with Crippen molar-refractivity contribution in [2.24, 2.45) is 7.05 Å². The maximum Gasteiger partial charge on any atom is 0.147 e. The fourth-order valence-electron chi connectivity index (χ4n) is 5.07. The first-order valence-corrected chi connectivity index (χ1v) is 11.1. The van der Waals surface area contributed by atoms with E-state index in [4.69, 9.17) is 0 Å². The number of aromatic hydroxyl groups is 1. The molecule has 2 aromatic heterocycles. The topological polar surface area (TPSA) is 103 Å². The van der Waals surface area contributed by atoms with Gasteiger partial charge < -0.3 is 15.3 Å². The van der Waals surface area contributed by atoms with Gasteiger partial charge in [-0.15, -0.1) is 0 Å². The third-order valence-electron chi connectivity index (χ3n) is 6.35. The molecule has 0 spiro atoms. The van der Waals surface area contributed by atoms with E-state index in [-0.39, 0.29) is 16.8 Å². The van der Waals surface area contributed by atoms with Crippen LogP contribution in [0.1, 0.15) is 46.2 Å². The van der Waals surface area contributed by atoms with Gasteiger partial charge in [0.25, 0.3) is 0 Å². The van der Waals surface area contributed by atoms with Gasteiger partial charge in [0.05, 0.1) is 24.3 Å². The summed E-state index contributed by atoms with van der Waals surface area (Å²) < 4.78 is 1.52. The van der Waals surface area contributed by atoms with Crippen molar-refractivity contribution < 1.29 is 5.11 Å². The molecule has 1 aliphatic heterocycles. The third kappa shape index (κ3) is 4.55. The Morgan fingerprint density at radius 1 is 1.09 bits per heavy atom. The second kappa shape index (κ2) is 8.16. The fraction of sp³-hybridized carbons (Fsp3) is 0.440. The van der Waals surface area contributed by atoms with E-state index in [1.165, 1.54) is 4.68 Å². The van der Waals surface area contributed by atoms with Crippen LogP contribution in [0.25, 0.3) is 22.4 Å². The van der Waals surface area contributed by atoms with Crippen molar-refractivity contribution in [2.45, 2.75) is 57.7 Å². The van der Waals surface area contributed by atoms with E-state index in [0.717, 1.165) is 24.2 Å². The summed E-state index contributed by atoms with van der Waals surface area (Å²) in [4.78, 5) is 11.4. The highest BCUT2D eigenvalue weighted by Crippen LogP contribution is 2.35. The SMILES string of the molecule is CN(c1cnc(-c2ccc(-c3cnn(C)c3C#N)cc2O)cn1)C1CC(C)(C)NC(C)(C)C1. The Kier molecular flexibility index (Phi) is 5.62. The Labute approximate surface area is 194 Å². The van der Waals surface area contributed by atoms with Crippen LogP contribution in [-0.4, -0.2) is 49.0 Å². The molecular formula is C25H31N7O. The van der Waals surface area contributed by atoms with Crippen LogP contribution in [0.4, 0.5) is 5.82 Å². The van der Waals surface area contributed by atoms with E-state index < -0.39 is 0 Å². The molecule has 172 valence electrons. The minimum atomic E-state index is 0.0429. The van der Waals surface area contributed by atoms with Crippen LogP contribution in [0.2, 0.25) is 0 Å². The summed E-state index contributed by atoms with van der Waals surface area (Å²) in [5, 5.41) is 27.9. The minimum absolute atomic E-state index is 0.0429. The molecule has 0 amide bonds. The quantitative estimate of drug-likeness (QED) is 0.628. The van der Waals surface area contributed by atoms with Crippen LogP contribution in [0.15, 0.2) is 36.8 Å². The number of rotatable bonds is 4. The predicted molar refractivity (Wildman–Crippen MR) is 129 cm³/mol. The molecule has 0 saturated carbocycles. The molecule has 1 aliphatic rings. The molecule has 8 heteroatoms. The van der Waals surface area contributed by atoms with Gasteiger partial charge in [-0.25, -0.2) is 4.98 Å². The number of benzene rings is 1. The Hall–Kier alpha value is -3.44. The lowest BCUT2D eigenvalue weighted by Gasteiger charge is -2.49. The Morgan fingerprint density at radius 2 is 1.79 bits per heavy atom. The summed E-state index contributed by atoms with van der Waals surface area (Å²) in [5.74, 6) is 0.889. The summed E-state index contributed by atoms with van der Waals surface area (Å²) in [6, 6.07) is 7.78. The van der Waals surface area contributed by atoms with Crippen LogP contribution < -0.4 is 10.2 Å². The van der Waals surface area contributed by atoms with Crippen LogP contribution >= 0.6 is 0 Å². The normalized spacial score (nSPS) is 17.5. The smallest absolute Gasteiger partial charge is 0.147 e. The largest absolute Gasteiger partial charge is 0.507 e. The van der Waals surface area contributed by atoms with Crippen molar-refractivity contribution in [3.05, 3.63) is 42.5 Å². The molecule has 1 saturated heterocycles. The highest BCUT2D eigenvalue weighted by molar-refractivity contribution is 5.76. The number of hydrogen-bond acceptors (Lipinski definition) is 7. The number of phenolic OH excluding ortho intramolecular Hbond substituents is 1. The van der Waals surface area contributed by atoms with E-state index in [9.17, 15) is 10.4 Å². The zero-order chi connectivity index (χ0) is 24.0. The van der Waals surface area contributed by atoms with Gasteiger partial charge in [0, 0.05) is 42.3 Å². The lowest BCUT2D eigenvalue weighted by molar-refractivity contribution is 0.160. The molecule has 0 unspecified atom stereocenters. The number of piperidine rings is 1. The van der Waals surface area contributed by atoms with Crippen molar-refractivity contribution in [1.29, 1.82) is 5.26 Å². The van der Waals surface area contributed by atoms with Crippen molar-refractivity contribution in [3.63, 3.8) is 0 Å². The number of nitriles is 1. The van der Waals surface area contributed by atoms with Gasteiger partial charge in [-0.05, 0) is 58.2 Å². The number of aromatic nitrogens is 4. The molecule has 3 heterocycles. The Morgan fingerprint density at radius 3 is 2.36 bits per heavy atom. The molecule has 0 radical (unpaired) electrons. The van der Waals surface area contributed by atoms with Gasteiger partial charge in [0.15, 0.2) is 0 Å². The summed E-state index contributed by atoms with van der Waals surface area (Å²) in [6.45, 7) is 8.95. The predicted octanol–water partition coefficient (Wildman–Crippen LogP) is 3.87. The van der Waals surface area contributed by atoms with E-state index >= 15 is 0 Å². The number of nitrogens with one attached hydrogen (secondary N) is 1. The number of nitrogens with zero attached hydrogens (tertiary/aromatic N) is 6. The Balaban J connectivity index is 1.57. The lowest BCUT2D eigenvalue weighted by Crippen LogP contribution is -2.62. The summed E-state index contributed by atoms with van der Waals surface area (Å²) in [6.07, 6.45) is 7.11. The molecule has 0 atom stereocenters. The van der Waals surface area contributed by atoms with E-state index in [1.54, 1.807) is 37.8 Å². The van der Waals surface area contributed by atoms with Crippen molar-refractivity contribution in [1.82, 2.24) is 25.1 Å². The zero-order valence-corrected chi connectivity index (χ0v) is 20.1. The first-order chi connectivity index (χ1) is 15.5. The average molecular weight is 446 g/mol. The van der Waals surface area contributed by atoms with E-state index in [2.05, 4.69) is 66.1 Å². The fourth-order valence-corrected chi connectivity index (χ4v) is 5.07. The van der Waals surface area contributed by atoms with E-state index in [1.807, 2.05) is 6.07 Å². The molecule has 4 rings (SSSR count). The molecule has 33 heavy (non-hydrogen) atoms. The molecule has 1 aromatic carbocycles. The Bertz CT molecular complexity index is 1190. The highest BCUT2D eigenvalue weighted by Gasteiger charge is 2.39. The zero-order valence-electron chi connectivity index (χ0n) is 20.1. The molecular weight excluding hydrogens is 414 g/mol. The summed E-state index contributed by atoms with van der Waals surface area (Å²) in [7, 11) is 3.79. The van der Waals surface area contributed by atoms with Gasteiger partial charge in [-0.1, -0.05) is 6.07 Å².